The number of carbonyl (C=O) groups is 1. The van der Waals surface area contributed by atoms with Crippen LogP contribution in [0.5, 0.6) is 0 Å². The molecular weight excluding hydrogens is 302 g/mol. The third-order valence-corrected chi connectivity index (χ3v) is 3.91. The first kappa shape index (κ1) is 18.2. The third kappa shape index (κ3) is 4.68. The second kappa shape index (κ2) is 8.11. The zero-order valence-corrected chi connectivity index (χ0v) is 15.2. The second-order valence-electron chi connectivity index (χ2n) is 6.82. The van der Waals surface area contributed by atoms with Gasteiger partial charge in [-0.25, -0.2) is 0 Å². The summed E-state index contributed by atoms with van der Waals surface area (Å²) < 4.78 is 5.31. The topological polar surface area (TPSA) is 58.4 Å². The van der Waals surface area contributed by atoms with E-state index in [0.29, 0.717) is 18.2 Å². The Kier molecular flexibility index (Phi) is 6.15. The molecule has 0 aliphatic heterocycles. The van der Waals surface area contributed by atoms with Crippen molar-refractivity contribution >= 4 is 5.91 Å². The smallest absolute Gasteiger partial charge is 0.242 e. The lowest BCUT2D eigenvalue weighted by Crippen LogP contribution is -2.37. The van der Waals surface area contributed by atoms with Crippen LogP contribution in [0.1, 0.15) is 42.5 Å². The molecule has 0 aliphatic rings. The molecule has 0 saturated heterocycles. The predicted molar refractivity (Wildman–Crippen MR) is 94.5 cm³/mol. The van der Waals surface area contributed by atoms with Crippen molar-refractivity contribution in [2.45, 2.75) is 39.8 Å². The number of benzene rings is 1. The summed E-state index contributed by atoms with van der Waals surface area (Å²) in [5.74, 6) is 1.16. The number of nitrogens with zero attached hydrogens (tertiary/aromatic N) is 2. The molecule has 1 unspecified atom stereocenters. The van der Waals surface area contributed by atoms with Crippen LogP contribution in [0.15, 0.2) is 34.9 Å². The van der Waals surface area contributed by atoms with Gasteiger partial charge in [-0.3, -0.25) is 9.69 Å². The van der Waals surface area contributed by atoms with Gasteiger partial charge in [-0.2, -0.15) is 0 Å². The fraction of sp³-hybridized carbons (Fsp3) is 0.474. The van der Waals surface area contributed by atoms with Gasteiger partial charge in [0.25, 0.3) is 0 Å². The summed E-state index contributed by atoms with van der Waals surface area (Å²) in [6, 6.07) is 9.54. The average molecular weight is 329 g/mol. The Morgan fingerprint density at radius 2 is 2.00 bits per heavy atom. The number of amides is 1. The maximum Gasteiger partial charge on any atom is 0.242 e. The molecule has 24 heavy (non-hydrogen) atoms. The van der Waals surface area contributed by atoms with Crippen molar-refractivity contribution in [2.75, 3.05) is 14.1 Å². The molecule has 1 atom stereocenters. The number of hydrogen-bond acceptors (Lipinski definition) is 4. The highest BCUT2D eigenvalue weighted by atomic mass is 16.5. The largest absolute Gasteiger partial charge is 0.359 e. The minimum absolute atomic E-state index is 0.0453. The van der Waals surface area contributed by atoms with Gasteiger partial charge < -0.3 is 9.84 Å². The highest BCUT2D eigenvalue weighted by molar-refractivity contribution is 5.83. The third-order valence-electron chi connectivity index (χ3n) is 3.91. The Balaban J connectivity index is 2.04. The molecule has 1 aromatic heterocycles. The van der Waals surface area contributed by atoms with Gasteiger partial charge >= 0.3 is 0 Å². The molecule has 0 aliphatic carbocycles. The molecule has 2 rings (SSSR count). The van der Waals surface area contributed by atoms with Crippen molar-refractivity contribution in [1.82, 2.24) is 15.4 Å². The number of hydrogen-bond donors (Lipinski definition) is 1. The monoisotopic (exact) mass is 329 g/mol. The fourth-order valence-electron chi connectivity index (χ4n) is 2.77. The number of carbonyl (C=O) groups excluding carboxylic acids is 1. The zero-order valence-electron chi connectivity index (χ0n) is 15.2. The van der Waals surface area contributed by atoms with Crippen LogP contribution >= 0.6 is 0 Å². The number of likely N-dealkylation sites (N-methyl/N-ethyl adjacent to an activating group) is 1. The predicted octanol–water partition coefficient (Wildman–Crippen LogP) is 3.10. The molecule has 1 aromatic carbocycles. The summed E-state index contributed by atoms with van der Waals surface area (Å²) in [5.41, 5.74) is 3.04. The van der Waals surface area contributed by atoms with Crippen LogP contribution in [-0.2, 0) is 17.8 Å². The molecule has 0 bridgehead atoms. The molecule has 0 radical (unpaired) electrons. The van der Waals surface area contributed by atoms with E-state index in [1.54, 1.807) is 0 Å². The highest BCUT2D eigenvalue weighted by Crippen LogP contribution is 2.22. The van der Waals surface area contributed by atoms with E-state index in [9.17, 15) is 4.79 Å². The number of aromatic nitrogens is 1. The van der Waals surface area contributed by atoms with E-state index in [1.807, 2.05) is 56.3 Å². The summed E-state index contributed by atoms with van der Waals surface area (Å²) >= 11 is 0. The first-order valence-corrected chi connectivity index (χ1v) is 8.32. The Morgan fingerprint density at radius 1 is 1.29 bits per heavy atom. The van der Waals surface area contributed by atoms with E-state index >= 15 is 0 Å². The van der Waals surface area contributed by atoms with E-state index in [4.69, 9.17) is 4.52 Å². The van der Waals surface area contributed by atoms with E-state index in [2.05, 4.69) is 24.3 Å². The van der Waals surface area contributed by atoms with Gasteiger partial charge in [-0.15, -0.1) is 0 Å². The van der Waals surface area contributed by atoms with Gasteiger partial charge in [0.05, 0.1) is 12.2 Å². The number of nitrogens with one attached hydrogen (secondary N) is 1. The standard InChI is InChI=1S/C19H27N3O2/c1-13(2)10-15-11-16(24-21-15)12-20-19(23)18(22(4)5)17-9-7-6-8-14(17)3/h6-9,11,13,18H,10,12H2,1-5H3,(H,20,23). The average Bonchev–Trinajstić information content (AvgIpc) is 2.94. The van der Waals surface area contributed by atoms with E-state index in [0.717, 1.165) is 23.2 Å². The maximum absolute atomic E-state index is 12.7. The van der Waals surface area contributed by atoms with Crippen molar-refractivity contribution in [2.24, 2.45) is 5.92 Å². The molecule has 5 heteroatoms. The normalized spacial score (nSPS) is 12.6. The molecular formula is C19H27N3O2. The summed E-state index contributed by atoms with van der Waals surface area (Å²) in [7, 11) is 3.82. The first-order valence-electron chi connectivity index (χ1n) is 8.32. The van der Waals surface area contributed by atoms with Crippen LogP contribution in [0, 0.1) is 12.8 Å². The van der Waals surface area contributed by atoms with Gasteiger partial charge in [0.1, 0.15) is 6.04 Å². The van der Waals surface area contributed by atoms with E-state index in [-0.39, 0.29) is 11.9 Å². The molecule has 0 saturated carbocycles. The van der Waals surface area contributed by atoms with Crippen LogP contribution in [-0.4, -0.2) is 30.1 Å². The quantitative estimate of drug-likeness (QED) is 0.848. The molecule has 2 aromatic rings. The lowest BCUT2D eigenvalue weighted by atomic mass is 10.00. The second-order valence-corrected chi connectivity index (χ2v) is 6.82. The number of rotatable bonds is 7. The summed E-state index contributed by atoms with van der Waals surface area (Å²) in [6.45, 7) is 6.65. The summed E-state index contributed by atoms with van der Waals surface area (Å²) in [4.78, 5) is 14.6. The Bertz CT molecular complexity index is 677. The fourth-order valence-corrected chi connectivity index (χ4v) is 2.77. The molecule has 1 amide bonds. The van der Waals surface area contributed by atoms with Gasteiger partial charge in [0, 0.05) is 6.07 Å². The van der Waals surface area contributed by atoms with E-state index in [1.165, 1.54) is 0 Å². The van der Waals surface area contributed by atoms with Gasteiger partial charge in [0.15, 0.2) is 5.76 Å². The van der Waals surface area contributed by atoms with E-state index < -0.39 is 0 Å². The van der Waals surface area contributed by atoms with Crippen molar-refractivity contribution in [3.8, 4) is 0 Å². The van der Waals surface area contributed by atoms with Gasteiger partial charge in [0.2, 0.25) is 5.91 Å². The number of aryl methyl sites for hydroxylation is 1. The summed E-state index contributed by atoms with van der Waals surface area (Å²) in [6.07, 6.45) is 0.876. The zero-order chi connectivity index (χ0) is 17.7. The minimum atomic E-state index is -0.329. The van der Waals surface area contributed by atoms with Crippen LogP contribution in [0.2, 0.25) is 0 Å². The van der Waals surface area contributed by atoms with Gasteiger partial charge in [-0.05, 0) is 44.5 Å². The lowest BCUT2D eigenvalue weighted by Gasteiger charge is -2.25. The van der Waals surface area contributed by atoms with Gasteiger partial charge in [-0.1, -0.05) is 43.3 Å². The van der Waals surface area contributed by atoms with Crippen molar-refractivity contribution in [3.63, 3.8) is 0 Å². The Labute approximate surface area is 144 Å². The van der Waals surface area contributed by atoms with Crippen LogP contribution in [0.4, 0.5) is 0 Å². The van der Waals surface area contributed by atoms with Crippen molar-refractivity contribution < 1.29 is 9.32 Å². The summed E-state index contributed by atoms with van der Waals surface area (Å²) in [5, 5.41) is 7.01. The molecule has 0 spiro atoms. The SMILES string of the molecule is Cc1ccccc1C(C(=O)NCc1cc(CC(C)C)no1)N(C)C. The van der Waals surface area contributed by atoms with Crippen LogP contribution in [0.25, 0.3) is 0 Å². The highest BCUT2D eigenvalue weighted by Gasteiger charge is 2.24. The Hall–Kier alpha value is -2.14. The van der Waals surface area contributed by atoms with Crippen molar-refractivity contribution in [3.05, 3.63) is 52.9 Å². The maximum atomic E-state index is 12.7. The Morgan fingerprint density at radius 3 is 2.62 bits per heavy atom. The molecule has 130 valence electrons. The van der Waals surface area contributed by atoms with Crippen molar-refractivity contribution in [1.29, 1.82) is 0 Å². The molecule has 5 nitrogen and oxygen atoms in total. The lowest BCUT2D eigenvalue weighted by molar-refractivity contribution is -0.126. The molecule has 0 fully saturated rings. The van der Waals surface area contributed by atoms with Crippen LogP contribution < -0.4 is 5.32 Å². The molecule has 1 N–H and O–H groups in total. The van der Waals surface area contributed by atoms with Crippen LogP contribution in [0.3, 0.4) is 0 Å². The molecule has 1 heterocycles. The first-order chi connectivity index (χ1) is 11.4. The minimum Gasteiger partial charge on any atom is -0.359 e.